The molecule has 0 aromatic heterocycles. The van der Waals surface area contributed by atoms with Gasteiger partial charge in [-0.05, 0) is 6.42 Å². The second-order valence-electron chi connectivity index (χ2n) is 8.04. The first-order valence-corrected chi connectivity index (χ1v) is 9.50. The van der Waals surface area contributed by atoms with E-state index in [0.717, 1.165) is 18.4 Å². The Bertz CT molecular complexity index is 567. The van der Waals surface area contributed by atoms with Crippen LogP contribution in [-0.2, 0) is 18.9 Å². The summed E-state index contributed by atoms with van der Waals surface area (Å²) < 4.78 is 24.7. The normalized spacial score (nSPS) is 33.8. The molecule has 6 atom stereocenters. The van der Waals surface area contributed by atoms with E-state index in [1.54, 1.807) is 0 Å². The molecule has 0 aliphatic carbocycles. The largest absolute Gasteiger partial charge is 0.384 e. The van der Waals surface area contributed by atoms with E-state index in [-0.39, 0.29) is 36.1 Å². The van der Waals surface area contributed by atoms with Crippen LogP contribution in [0.25, 0.3) is 0 Å². The molecule has 1 aromatic carbocycles. The number of ether oxygens (including phenoxy) is 4. The van der Waals surface area contributed by atoms with E-state index in [0.29, 0.717) is 17.7 Å². The maximum atomic E-state index is 11.1. The lowest BCUT2D eigenvalue weighted by molar-refractivity contribution is -0.910. The number of hydrogen-bond donors (Lipinski definition) is 1. The zero-order chi connectivity index (χ0) is 18.7. The van der Waals surface area contributed by atoms with Crippen LogP contribution < -0.4 is 0 Å². The molecule has 27 heavy (non-hydrogen) atoms. The van der Waals surface area contributed by atoms with Crippen molar-refractivity contribution in [2.24, 2.45) is 0 Å². The van der Waals surface area contributed by atoms with E-state index in [1.165, 1.54) is 0 Å². The molecule has 0 saturated carbocycles. The monoisotopic (exact) mass is 494 g/mol. The highest BCUT2D eigenvalue weighted by Gasteiger charge is 2.54. The third kappa shape index (κ3) is 5.41. The smallest absolute Gasteiger partial charge is 0.213 e. The van der Waals surface area contributed by atoms with Crippen molar-refractivity contribution in [2.75, 3.05) is 34.4 Å². The predicted octanol–water partition coefficient (Wildman–Crippen LogP) is 2.70. The summed E-state index contributed by atoms with van der Waals surface area (Å²) in [7, 11) is 6.13. The van der Waals surface area contributed by atoms with Crippen molar-refractivity contribution in [2.45, 2.75) is 56.7 Å². The lowest BCUT2D eigenvalue weighted by Gasteiger charge is -2.51. The Morgan fingerprint density at radius 2 is 1.85 bits per heavy atom. The van der Waals surface area contributed by atoms with Gasteiger partial charge >= 0.3 is 0 Å². The SMILES string of the molecule is CCCCOC1OC2COC(c3ccccc3)O[C@@H]2C(O)[C@@H]1[N+](C)(C)C.I. The number of benzene rings is 1. The number of aliphatic hydroxyl groups excluding tert-OH is 1. The van der Waals surface area contributed by atoms with Gasteiger partial charge < -0.3 is 28.5 Å². The average molecular weight is 494 g/mol. The summed E-state index contributed by atoms with van der Waals surface area (Å²) >= 11 is 0. The molecule has 2 heterocycles. The molecule has 0 amide bonds. The third-order valence-electron chi connectivity index (χ3n) is 5.08. The van der Waals surface area contributed by atoms with E-state index in [9.17, 15) is 5.11 Å². The number of hydrogen-bond acceptors (Lipinski definition) is 5. The number of rotatable bonds is 6. The van der Waals surface area contributed by atoms with E-state index >= 15 is 0 Å². The Balaban J connectivity index is 0.00000261. The average Bonchev–Trinajstić information content (AvgIpc) is 2.61. The second-order valence-corrected chi connectivity index (χ2v) is 8.04. The Morgan fingerprint density at radius 1 is 1.15 bits per heavy atom. The van der Waals surface area contributed by atoms with Crippen LogP contribution in [0, 0.1) is 0 Å². The number of quaternary nitrogens is 1. The second kappa shape index (κ2) is 9.96. The molecule has 2 saturated heterocycles. The molecule has 0 radical (unpaired) electrons. The third-order valence-corrected chi connectivity index (χ3v) is 5.08. The van der Waals surface area contributed by atoms with E-state index in [1.807, 2.05) is 51.5 Å². The molecule has 1 N–H and O–H groups in total. The summed E-state index contributed by atoms with van der Waals surface area (Å²) in [5, 5.41) is 11.1. The Labute approximate surface area is 179 Å². The topological polar surface area (TPSA) is 57.2 Å². The van der Waals surface area contributed by atoms with Crippen LogP contribution in [0.5, 0.6) is 0 Å². The molecule has 154 valence electrons. The van der Waals surface area contributed by atoms with Crippen LogP contribution in [0.3, 0.4) is 0 Å². The van der Waals surface area contributed by atoms with Crippen LogP contribution in [0.2, 0.25) is 0 Å². The summed E-state index contributed by atoms with van der Waals surface area (Å²) in [6, 6.07) is 9.56. The number of unbranched alkanes of at least 4 members (excludes halogenated alkanes) is 1. The van der Waals surface area contributed by atoms with Crippen molar-refractivity contribution in [1.82, 2.24) is 0 Å². The summed E-state index contributed by atoms with van der Waals surface area (Å²) in [6.07, 6.45) is -0.407. The predicted molar refractivity (Wildman–Crippen MR) is 113 cm³/mol. The van der Waals surface area contributed by atoms with Gasteiger partial charge in [-0.25, -0.2) is 0 Å². The molecule has 7 heteroatoms. The molecule has 0 spiro atoms. The van der Waals surface area contributed by atoms with Gasteiger partial charge in [0.25, 0.3) is 0 Å². The first-order chi connectivity index (χ1) is 12.4. The highest BCUT2D eigenvalue weighted by atomic mass is 127. The maximum absolute atomic E-state index is 11.1. The minimum Gasteiger partial charge on any atom is -0.384 e. The Hall–Kier alpha value is -0.290. The van der Waals surface area contributed by atoms with Crippen LogP contribution >= 0.6 is 24.0 Å². The molecule has 0 bridgehead atoms. The maximum Gasteiger partial charge on any atom is 0.213 e. The fraction of sp³-hybridized carbons (Fsp3) is 0.700. The molecule has 2 aliphatic heterocycles. The molecule has 1 aromatic rings. The van der Waals surface area contributed by atoms with Gasteiger partial charge in [0.05, 0.1) is 27.7 Å². The number of fused-ring (bicyclic) bond motifs is 1. The van der Waals surface area contributed by atoms with Crippen LogP contribution in [0.4, 0.5) is 0 Å². The molecule has 2 fully saturated rings. The lowest BCUT2D eigenvalue weighted by atomic mass is 9.94. The van der Waals surface area contributed by atoms with Gasteiger partial charge in [-0.15, -0.1) is 24.0 Å². The summed E-state index contributed by atoms with van der Waals surface area (Å²) in [5.41, 5.74) is 0.946. The molecule has 2 aliphatic rings. The van der Waals surface area contributed by atoms with Crippen molar-refractivity contribution in [3.8, 4) is 0 Å². The number of aliphatic hydroxyl groups is 1. The zero-order valence-corrected chi connectivity index (χ0v) is 18.9. The van der Waals surface area contributed by atoms with E-state index in [2.05, 4.69) is 6.92 Å². The summed E-state index contributed by atoms with van der Waals surface area (Å²) in [4.78, 5) is 0. The molecule has 6 nitrogen and oxygen atoms in total. The van der Waals surface area contributed by atoms with Crippen molar-refractivity contribution < 1.29 is 28.5 Å². The minimum absolute atomic E-state index is 0. The van der Waals surface area contributed by atoms with Crippen LogP contribution in [-0.4, -0.2) is 74.6 Å². The molecular weight excluding hydrogens is 461 g/mol. The lowest BCUT2D eigenvalue weighted by Crippen LogP contribution is -2.69. The fourth-order valence-electron chi connectivity index (χ4n) is 3.66. The van der Waals surface area contributed by atoms with Crippen LogP contribution in [0.15, 0.2) is 30.3 Å². The molecular formula is C20H33INO5+. The first kappa shape index (κ1) is 23.0. The highest BCUT2D eigenvalue weighted by molar-refractivity contribution is 14.0. The summed E-state index contributed by atoms with van der Waals surface area (Å²) in [6.45, 7) is 3.12. The van der Waals surface area contributed by atoms with Gasteiger partial charge in [-0.1, -0.05) is 43.7 Å². The quantitative estimate of drug-likeness (QED) is 0.375. The minimum atomic E-state index is -0.699. The first-order valence-electron chi connectivity index (χ1n) is 9.50. The van der Waals surface area contributed by atoms with Gasteiger partial charge in [0, 0.05) is 12.2 Å². The zero-order valence-electron chi connectivity index (χ0n) is 16.6. The van der Waals surface area contributed by atoms with Crippen molar-refractivity contribution in [3.05, 3.63) is 35.9 Å². The van der Waals surface area contributed by atoms with Crippen molar-refractivity contribution in [1.29, 1.82) is 0 Å². The Kier molecular flexibility index (Phi) is 8.48. The van der Waals surface area contributed by atoms with Gasteiger partial charge in [0.1, 0.15) is 18.3 Å². The number of nitrogens with zero attached hydrogens (tertiary/aromatic N) is 1. The highest BCUT2D eigenvalue weighted by Crippen LogP contribution is 2.36. The Morgan fingerprint density at radius 3 is 2.48 bits per heavy atom. The summed E-state index contributed by atoms with van der Waals surface area (Å²) in [5.74, 6) is 0. The fourth-order valence-corrected chi connectivity index (χ4v) is 3.66. The van der Waals surface area contributed by atoms with Gasteiger partial charge in [-0.3, -0.25) is 0 Å². The van der Waals surface area contributed by atoms with E-state index in [4.69, 9.17) is 18.9 Å². The standard InChI is InChI=1S/C20H32NO5.HI/c1-5-6-12-23-20-16(21(2,3)4)17(22)18-15(25-20)13-24-19(26-18)14-10-8-7-9-11-14;/h7-11,15-20,22H,5-6,12-13H2,1-4H3;1H/q+1;/t15?,16-,17?,18-,19?,20?;/m0./s1. The van der Waals surface area contributed by atoms with Gasteiger partial charge in [0.2, 0.25) is 6.29 Å². The van der Waals surface area contributed by atoms with E-state index < -0.39 is 24.8 Å². The molecule has 3 rings (SSSR count). The number of likely N-dealkylation sites (N-methyl/N-ethyl adjacent to an activating group) is 1. The van der Waals surface area contributed by atoms with Crippen molar-refractivity contribution in [3.63, 3.8) is 0 Å². The number of halogens is 1. The van der Waals surface area contributed by atoms with Gasteiger partial charge in [0.15, 0.2) is 12.3 Å². The van der Waals surface area contributed by atoms with Crippen LogP contribution in [0.1, 0.15) is 31.6 Å². The van der Waals surface area contributed by atoms with Crippen molar-refractivity contribution >= 4 is 24.0 Å². The van der Waals surface area contributed by atoms with Gasteiger partial charge in [-0.2, -0.15) is 0 Å². The molecule has 4 unspecified atom stereocenters.